The molecule has 1 aromatic carbocycles. The number of likely N-dealkylation sites (N-methyl/N-ethyl adjacent to an activating group) is 1. The van der Waals surface area contributed by atoms with Gasteiger partial charge in [0.2, 0.25) is 0 Å². The molecule has 0 spiro atoms. The Morgan fingerprint density at radius 2 is 2.11 bits per heavy atom. The number of hydrogen-bond donors (Lipinski definition) is 1. The minimum atomic E-state index is 0.381. The van der Waals surface area contributed by atoms with Crippen molar-refractivity contribution in [3.8, 4) is 0 Å². The fraction of sp³-hybridized carbons (Fsp3) is 0.286. The Kier molecular flexibility index (Phi) is 5.42. The second kappa shape index (κ2) is 6.85. The number of rotatable bonds is 5. The zero-order valence-corrected chi connectivity index (χ0v) is 14.1. The van der Waals surface area contributed by atoms with Crippen LogP contribution in [-0.4, -0.2) is 6.54 Å². The van der Waals surface area contributed by atoms with Crippen LogP contribution < -0.4 is 5.32 Å². The highest BCUT2D eigenvalue weighted by atomic mass is 79.9. The van der Waals surface area contributed by atoms with Crippen LogP contribution in [0.15, 0.2) is 44.0 Å². The molecule has 0 aliphatic rings. The Hall–Kier alpha value is -0.160. The first-order chi connectivity index (χ1) is 8.69. The van der Waals surface area contributed by atoms with Crippen LogP contribution in [-0.2, 0) is 6.42 Å². The lowest BCUT2D eigenvalue weighted by molar-refractivity contribution is 0.551. The van der Waals surface area contributed by atoms with E-state index in [1.54, 1.807) is 11.3 Å². The molecule has 0 saturated heterocycles. The first-order valence-corrected chi connectivity index (χ1v) is 8.37. The monoisotopic (exact) mass is 387 g/mol. The second-order valence-corrected chi connectivity index (χ2v) is 7.33. The van der Waals surface area contributed by atoms with Gasteiger partial charge < -0.3 is 5.32 Å². The predicted molar refractivity (Wildman–Crippen MR) is 86.3 cm³/mol. The number of nitrogens with one attached hydrogen (secondary N) is 1. The number of thiophene rings is 1. The van der Waals surface area contributed by atoms with E-state index in [1.807, 2.05) is 0 Å². The molecule has 1 N–H and O–H groups in total. The fourth-order valence-corrected chi connectivity index (χ4v) is 3.64. The lowest BCUT2D eigenvalue weighted by Crippen LogP contribution is -2.22. The number of hydrogen-bond acceptors (Lipinski definition) is 2. The van der Waals surface area contributed by atoms with E-state index in [0.29, 0.717) is 6.04 Å². The summed E-state index contributed by atoms with van der Waals surface area (Å²) in [5.74, 6) is 0. The van der Waals surface area contributed by atoms with Crippen molar-refractivity contribution in [2.24, 2.45) is 0 Å². The van der Waals surface area contributed by atoms with Gasteiger partial charge in [-0.1, -0.05) is 35.0 Å². The molecule has 0 amide bonds. The van der Waals surface area contributed by atoms with Gasteiger partial charge in [-0.05, 0) is 63.6 Å². The van der Waals surface area contributed by atoms with E-state index < -0.39 is 0 Å². The van der Waals surface area contributed by atoms with Gasteiger partial charge in [-0.25, -0.2) is 0 Å². The highest BCUT2D eigenvalue weighted by Gasteiger charge is 2.12. The molecular weight excluding hydrogens is 374 g/mol. The smallest absolute Gasteiger partial charge is 0.0701 e. The van der Waals surface area contributed by atoms with E-state index in [1.165, 1.54) is 14.9 Å². The minimum Gasteiger partial charge on any atom is -0.310 e. The summed E-state index contributed by atoms with van der Waals surface area (Å²) < 4.78 is 2.33. The number of benzene rings is 1. The summed E-state index contributed by atoms with van der Waals surface area (Å²) in [6.45, 7) is 3.13. The van der Waals surface area contributed by atoms with Gasteiger partial charge in [-0.3, -0.25) is 0 Å². The largest absolute Gasteiger partial charge is 0.310 e. The van der Waals surface area contributed by atoms with Gasteiger partial charge in [-0.15, -0.1) is 11.3 Å². The molecule has 1 unspecified atom stereocenters. The van der Waals surface area contributed by atoms with Gasteiger partial charge in [0.15, 0.2) is 0 Å². The van der Waals surface area contributed by atoms with Crippen LogP contribution in [0.2, 0.25) is 0 Å². The molecular formula is C14H15Br2NS. The first-order valence-electron chi connectivity index (χ1n) is 5.90. The molecule has 0 aliphatic heterocycles. The molecule has 0 aliphatic carbocycles. The average molecular weight is 389 g/mol. The van der Waals surface area contributed by atoms with Crippen LogP contribution in [0, 0.1) is 0 Å². The third kappa shape index (κ3) is 3.92. The standard InChI is InChI=1S/C14H15Br2NS/c1-2-17-13(11-8-14(16)18-9-11)7-10-4-3-5-12(15)6-10/h3-6,8-9,13,17H,2,7H2,1H3. The summed E-state index contributed by atoms with van der Waals surface area (Å²) in [4.78, 5) is 0. The maximum absolute atomic E-state index is 3.55. The second-order valence-electron chi connectivity index (χ2n) is 4.13. The molecule has 0 saturated carbocycles. The summed E-state index contributed by atoms with van der Waals surface area (Å²) in [7, 11) is 0. The predicted octanol–water partition coefficient (Wildman–Crippen LogP) is 5.17. The minimum absolute atomic E-state index is 0.381. The van der Waals surface area contributed by atoms with E-state index in [2.05, 4.69) is 79.8 Å². The molecule has 0 fully saturated rings. The molecule has 96 valence electrons. The Morgan fingerprint density at radius 1 is 1.28 bits per heavy atom. The first kappa shape index (κ1) is 14.3. The van der Waals surface area contributed by atoms with Crippen LogP contribution >= 0.6 is 43.2 Å². The van der Waals surface area contributed by atoms with Crippen molar-refractivity contribution >= 4 is 43.2 Å². The SMILES string of the molecule is CCNC(Cc1cccc(Br)c1)c1csc(Br)c1. The summed E-state index contributed by atoms with van der Waals surface area (Å²) >= 11 is 8.80. The molecule has 1 heterocycles. The molecule has 2 rings (SSSR count). The van der Waals surface area contributed by atoms with Gasteiger partial charge in [0, 0.05) is 10.5 Å². The topological polar surface area (TPSA) is 12.0 Å². The van der Waals surface area contributed by atoms with Crippen molar-refractivity contribution in [1.82, 2.24) is 5.32 Å². The Bertz CT molecular complexity index is 510. The van der Waals surface area contributed by atoms with Crippen molar-refractivity contribution in [2.75, 3.05) is 6.54 Å². The van der Waals surface area contributed by atoms with E-state index in [0.717, 1.165) is 17.4 Å². The van der Waals surface area contributed by atoms with Crippen LogP contribution in [0.4, 0.5) is 0 Å². The van der Waals surface area contributed by atoms with Crippen molar-refractivity contribution in [1.29, 1.82) is 0 Å². The Labute approximate surface area is 129 Å². The third-order valence-electron chi connectivity index (χ3n) is 2.77. The normalized spacial score (nSPS) is 12.6. The van der Waals surface area contributed by atoms with Crippen molar-refractivity contribution in [3.05, 3.63) is 55.1 Å². The van der Waals surface area contributed by atoms with Gasteiger partial charge in [0.05, 0.1) is 3.79 Å². The zero-order chi connectivity index (χ0) is 13.0. The van der Waals surface area contributed by atoms with Gasteiger partial charge in [0.1, 0.15) is 0 Å². The summed E-state index contributed by atoms with van der Waals surface area (Å²) in [6.07, 6.45) is 1.01. The Balaban J connectivity index is 2.16. The lowest BCUT2D eigenvalue weighted by atomic mass is 10.0. The quantitative estimate of drug-likeness (QED) is 0.745. The van der Waals surface area contributed by atoms with Crippen molar-refractivity contribution in [3.63, 3.8) is 0 Å². The summed E-state index contributed by atoms with van der Waals surface area (Å²) in [6, 6.07) is 11.1. The number of halogens is 2. The molecule has 4 heteroatoms. The molecule has 1 aromatic heterocycles. The van der Waals surface area contributed by atoms with E-state index in [9.17, 15) is 0 Å². The molecule has 18 heavy (non-hydrogen) atoms. The van der Waals surface area contributed by atoms with Gasteiger partial charge in [-0.2, -0.15) is 0 Å². The molecule has 1 nitrogen and oxygen atoms in total. The van der Waals surface area contributed by atoms with E-state index >= 15 is 0 Å². The fourth-order valence-electron chi connectivity index (χ4n) is 1.96. The van der Waals surface area contributed by atoms with Crippen LogP contribution in [0.5, 0.6) is 0 Å². The summed E-state index contributed by atoms with van der Waals surface area (Å²) in [5.41, 5.74) is 2.70. The van der Waals surface area contributed by atoms with Crippen molar-refractivity contribution < 1.29 is 0 Å². The van der Waals surface area contributed by atoms with Crippen LogP contribution in [0.25, 0.3) is 0 Å². The van der Waals surface area contributed by atoms with E-state index in [4.69, 9.17) is 0 Å². The van der Waals surface area contributed by atoms with Crippen LogP contribution in [0.3, 0.4) is 0 Å². The molecule has 2 aromatic rings. The zero-order valence-electron chi connectivity index (χ0n) is 10.1. The lowest BCUT2D eigenvalue weighted by Gasteiger charge is -2.17. The van der Waals surface area contributed by atoms with Gasteiger partial charge >= 0.3 is 0 Å². The third-order valence-corrected chi connectivity index (χ3v) is 4.79. The van der Waals surface area contributed by atoms with Crippen molar-refractivity contribution in [2.45, 2.75) is 19.4 Å². The maximum atomic E-state index is 3.55. The van der Waals surface area contributed by atoms with Gasteiger partial charge in [0.25, 0.3) is 0 Å². The molecule has 0 bridgehead atoms. The maximum Gasteiger partial charge on any atom is 0.0701 e. The Morgan fingerprint density at radius 3 is 2.72 bits per heavy atom. The molecule has 0 radical (unpaired) electrons. The van der Waals surface area contributed by atoms with E-state index in [-0.39, 0.29) is 0 Å². The highest BCUT2D eigenvalue weighted by molar-refractivity contribution is 9.11. The highest BCUT2D eigenvalue weighted by Crippen LogP contribution is 2.27. The summed E-state index contributed by atoms with van der Waals surface area (Å²) in [5, 5.41) is 5.77. The average Bonchev–Trinajstić information content (AvgIpc) is 2.75. The van der Waals surface area contributed by atoms with Crippen LogP contribution in [0.1, 0.15) is 24.1 Å². The molecule has 1 atom stereocenters.